The Hall–Kier alpha value is -2.37. The number of unbranched alkanes of at least 4 members (excludes halogenated alkanes) is 1. The molecule has 0 aliphatic carbocycles. The Morgan fingerprint density at radius 3 is 2.52 bits per heavy atom. The van der Waals surface area contributed by atoms with E-state index in [4.69, 9.17) is 17.3 Å². The SMILES string of the molecule is NCCCCNC(=O)C1Cc2ccccc2CN1C(=O)c1ccccc1Cl. The van der Waals surface area contributed by atoms with Gasteiger partial charge in [-0.05, 0) is 42.6 Å². The second-order valence-corrected chi connectivity index (χ2v) is 7.10. The average molecular weight is 386 g/mol. The fourth-order valence-corrected chi connectivity index (χ4v) is 3.58. The molecule has 142 valence electrons. The molecule has 1 atom stereocenters. The van der Waals surface area contributed by atoms with E-state index in [2.05, 4.69) is 5.32 Å². The smallest absolute Gasteiger partial charge is 0.256 e. The number of rotatable bonds is 6. The van der Waals surface area contributed by atoms with Gasteiger partial charge in [-0.3, -0.25) is 9.59 Å². The molecule has 3 rings (SSSR count). The summed E-state index contributed by atoms with van der Waals surface area (Å²) in [5.74, 6) is -0.362. The van der Waals surface area contributed by atoms with Gasteiger partial charge in [0.05, 0.1) is 10.6 Å². The molecule has 1 aliphatic rings. The fourth-order valence-electron chi connectivity index (χ4n) is 3.36. The van der Waals surface area contributed by atoms with Crippen molar-refractivity contribution in [2.45, 2.75) is 31.8 Å². The highest BCUT2D eigenvalue weighted by Gasteiger charge is 2.35. The normalized spacial score (nSPS) is 15.9. The molecule has 2 aromatic carbocycles. The number of nitrogens with zero attached hydrogens (tertiary/aromatic N) is 1. The first-order valence-electron chi connectivity index (χ1n) is 9.22. The number of halogens is 1. The van der Waals surface area contributed by atoms with E-state index in [-0.39, 0.29) is 11.8 Å². The average Bonchev–Trinajstić information content (AvgIpc) is 2.70. The highest BCUT2D eigenvalue weighted by atomic mass is 35.5. The van der Waals surface area contributed by atoms with Gasteiger partial charge in [-0.1, -0.05) is 48.0 Å². The summed E-state index contributed by atoms with van der Waals surface area (Å²) in [6.07, 6.45) is 2.18. The molecule has 3 N–H and O–H groups in total. The van der Waals surface area contributed by atoms with Crippen LogP contribution >= 0.6 is 11.6 Å². The van der Waals surface area contributed by atoms with Crippen molar-refractivity contribution in [1.29, 1.82) is 0 Å². The molecular formula is C21H24ClN3O2. The van der Waals surface area contributed by atoms with E-state index < -0.39 is 6.04 Å². The zero-order chi connectivity index (χ0) is 19.2. The highest BCUT2D eigenvalue weighted by Crippen LogP contribution is 2.27. The topological polar surface area (TPSA) is 75.4 Å². The minimum Gasteiger partial charge on any atom is -0.354 e. The van der Waals surface area contributed by atoms with Gasteiger partial charge >= 0.3 is 0 Å². The third-order valence-corrected chi connectivity index (χ3v) is 5.18. The number of nitrogens with two attached hydrogens (primary N) is 1. The molecule has 1 aliphatic heterocycles. The molecule has 1 heterocycles. The second-order valence-electron chi connectivity index (χ2n) is 6.69. The van der Waals surface area contributed by atoms with Crippen LogP contribution < -0.4 is 11.1 Å². The van der Waals surface area contributed by atoms with Gasteiger partial charge in [-0.2, -0.15) is 0 Å². The molecule has 0 saturated carbocycles. The molecule has 27 heavy (non-hydrogen) atoms. The summed E-state index contributed by atoms with van der Waals surface area (Å²) >= 11 is 6.22. The van der Waals surface area contributed by atoms with Crippen LogP contribution in [0, 0.1) is 0 Å². The van der Waals surface area contributed by atoms with Crippen molar-refractivity contribution >= 4 is 23.4 Å². The van der Waals surface area contributed by atoms with Crippen molar-refractivity contribution in [2.24, 2.45) is 5.73 Å². The standard InChI is InChI=1S/C21H24ClN3O2/c22-18-10-4-3-9-17(18)21(27)25-14-16-8-2-1-7-15(16)13-19(25)20(26)24-12-6-5-11-23/h1-4,7-10,19H,5-6,11-14,23H2,(H,24,26). The first-order chi connectivity index (χ1) is 13.1. The van der Waals surface area contributed by atoms with Crippen molar-refractivity contribution in [1.82, 2.24) is 10.2 Å². The molecule has 0 saturated heterocycles. The summed E-state index contributed by atoms with van der Waals surface area (Å²) in [7, 11) is 0. The lowest BCUT2D eigenvalue weighted by molar-refractivity contribution is -0.126. The zero-order valence-corrected chi connectivity index (χ0v) is 15.9. The summed E-state index contributed by atoms with van der Waals surface area (Å²) < 4.78 is 0. The van der Waals surface area contributed by atoms with Crippen molar-refractivity contribution in [3.63, 3.8) is 0 Å². The fraction of sp³-hybridized carbons (Fsp3) is 0.333. The monoisotopic (exact) mass is 385 g/mol. The van der Waals surface area contributed by atoms with E-state index in [1.54, 1.807) is 29.2 Å². The van der Waals surface area contributed by atoms with Crippen molar-refractivity contribution in [3.8, 4) is 0 Å². The van der Waals surface area contributed by atoms with Crippen molar-refractivity contribution in [2.75, 3.05) is 13.1 Å². The Balaban J connectivity index is 1.84. The van der Waals surface area contributed by atoms with Crippen LogP contribution in [0.2, 0.25) is 5.02 Å². The minimum atomic E-state index is -0.554. The summed E-state index contributed by atoms with van der Waals surface area (Å²) in [6, 6.07) is 14.3. The van der Waals surface area contributed by atoms with E-state index in [0.29, 0.717) is 36.6 Å². The van der Waals surface area contributed by atoms with Gasteiger partial charge in [0, 0.05) is 19.5 Å². The summed E-state index contributed by atoms with van der Waals surface area (Å²) in [5.41, 5.74) is 8.08. The number of hydrogen-bond acceptors (Lipinski definition) is 3. The number of benzene rings is 2. The van der Waals surface area contributed by atoms with E-state index in [9.17, 15) is 9.59 Å². The highest BCUT2D eigenvalue weighted by molar-refractivity contribution is 6.33. The van der Waals surface area contributed by atoms with Crippen LogP contribution in [0.3, 0.4) is 0 Å². The third kappa shape index (κ3) is 4.49. The van der Waals surface area contributed by atoms with Crippen LogP contribution in [0.1, 0.15) is 34.3 Å². The molecule has 0 fully saturated rings. The molecule has 0 bridgehead atoms. The Labute approximate surface area is 164 Å². The van der Waals surface area contributed by atoms with E-state index in [1.165, 1.54) is 0 Å². The molecule has 0 spiro atoms. The quantitative estimate of drug-likeness (QED) is 0.751. The lowest BCUT2D eigenvalue weighted by Gasteiger charge is -2.36. The first-order valence-corrected chi connectivity index (χ1v) is 9.59. The van der Waals surface area contributed by atoms with Gasteiger partial charge in [0.2, 0.25) is 5.91 Å². The van der Waals surface area contributed by atoms with E-state index in [0.717, 1.165) is 24.0 Å². The molecule has 6 heteroatoms. The van der Waals surface area contributed by atoms with Crippen LogP contribution in [0.5, 0.6) is 0 Å². The van der Waals surface area contributed by atoms with Gasteiger partial charge in [0.1, 0.15) is 6.04 Å². The number of amides is 2. The van der Waals surface area contributed by atoms with E-state index >= 15 is 0 Å². The Morgan fingerprint density at radius 1 is 1.07 bits per heavy atom. The summed E-state index contributed by atoms with van der Waals surface area (Å²) in [6.45, 7) is 1.55. The molecule has 0 radical (unpaired) electrons. The predicted octanol–water partition coefficient (Wildman–Crippen LogP) is 2.76. The molecule has 0 aromatic heterocycles. The van der Waals surface area contributed by atoms with Gasteiger partial charge < -0.3 is 16.0 Å². The third-order valence-electron chi connectivity index (χ3n) is 4.85. The molecule has 2 aromatic rings. The molecular weight excluding hydrogens is 362 g/mol. The maximum Gasteiger partial charge on any atom is 0.256 e. The van der Waals surface area contributed by atoms with Crippen LogP contribution in [0.4, 0.5) is 0 Å². The van der Waals surface area contributed by atoms with Gasteiger partial charge in [-0.15, -0.1) is 0 Å². The minimum absolute atomic E-state index is 0.137. The summed E-state index contributed by atoms with van der Waals surface area (Å²) in [4.78, 5) is 27.6. The van der Waals surface area contributed by atoms with Crippen molar-refractivity contribution < 1.29 is 9.59 Å². The van der Waals surface area contributed by atoms with E-state index in [1.807, 2.05) is 24.3 Å². The zero-order valence-electron chi connectivity index (χ0n) is 15.2. The first kappa shape index (κ1) is 19.4. The largest absolute Gasteiger partial charge is 0.354 e. The maximum absolute atomic E-state index is 13.2. The molecule has 2 amide bonds. The molecule has 5 nitrogen and oxygen atoms in total. The molecule has 1 unspecified atom stereocenters. The number of nitrogens with one attached hydrogen (secondary N) is 1. The lowest BCUT2D eigenvalue weighted by atomic mass is 9.92. The van der Waals surface area contributed by atoms with Gasteiger partial charge in [0.25, 0.3) is 5.91 Å². The van der Waals surface area contributed by atoms with Gasteiger partial charge in [-0.25, -0.2) is 0 Å². The number of fused-ring (bicyclic) bond motifs is 1. The predicted molar refractivity (Wildman–Crippen MR) is 107 cm³/mol. The van der Waals surface area contributed by atoms with Crippen LogP contribution in [0.15, 0.2) is 48.5 Å². The second kappa shape index (κ2) is 9.02. The number of hydrogen-bond donors (Lipinski definition) is 2. The number of carbonyl (C=O) groups is 2. The Morgan fingerprint density at radius 2 is 1.78 bits per heavy atom. The van der Waals surface area contributed by atoms with Crippen molar-refractivity contribution in [3.05, 3.63) is 70.2 Å². The summed E-state index contributed by atoms with van der Waals surface area (Å²) in [5, 5.41) is 3.34. The van der Waals surface area contributed by atoms with Crippen LogP contribution in [0.25, 0.3) is 0 Å². The lowest BCUT2D eigenvalue weighted by Crippen LogP contribution is -2.52. The Bertz CT molecular complexity index is 825. The van der Waals surface area contributed by atoms with Crippen LogP contribution in [-0.2, 0) is 17.8 Å². The van der Waals surface area contributed by atoms with Crippen LogP contribution in [-0.4, -0.2) is 35.8 Å². The van der Waals surface area contributed by atoms with Gasteiger partial charge in [0.15, 0.2) is 0 Å². The number of carbonyl (C=O) groups excluding carboxylic acids is 2. The maximum atomic E-state index is 13.2. The Kier molecular flexibility index (Phi) is 6.48.